The molecule has 1 N–H and O–H groups in total. The lowest BCUT2D eigenvalue weighted by atomic mass is 9.78. The maximum Gasteiger partial charge on any atom is 0.123 e. The predicted molar refractivity (Wildman–Crippen MR) is 135 cm³/mol. The first-order valence-electron chi connectivity index (χ1n) is 10.8. The molecule has 0 aliphatic carbocycles. The third-order valence-electron chi connectivity index (χ3n) is 6.15. The topological polar surface area (TPSA) is 20.2 Å². The largest absolute Gasteiger partial charge is 0.507 e. The van der Waals surface area contributed by atoms with Gasteiger partial charge in [0.15, 0.2) is 0 Å². The van der Waals surface area contributed by atoms with Crippen molar-refractivity contribution >= 4 is 24.6 Å². The van der Waals surface area contributed by atoms with E-state index in [2.05, 4.69) is 115 Å². The van der Waals surface area contributed by atoms with Crippen LogP contribution in [-0.2, 0) is 10.8 Å². The summed E-state index contributed by atoms with van der Waals surface area (Å²) >= 11 is 1.85. The molecule has 0 spiro atoms. The Hall–Kier alpha value is -1.84. The summed E-state index contributed by atoms with van der Waals surface area (Å²) in [6.45, 7) is 18.1. The van der Waals surface area contributed by atoms with Gasteiger partial charge in [-0.2, -0.15) is 0 Å². The van der Waals surface area contributed by atoms with Crippen LogP contribution in [0.2, 0.25) is 13.1 Å². The SMILES string of the molecule is CC(C)(C)c1cc(C(c2cccs2)[Si](C)(C)c2ccccc2)cc(C(C)(C)C)c1O. The van der Waals surface area contributed by atoms with Gasteiger partial charge in [0.25, 0.3) is 0 Å². The summed E-state index contributed by atoms with van der Waals surface area (Å²) in [6, 6.07) is 20.0. The molecule has 2 aromatic carbocycles. The van der Waals surface area contributed by atoms with E-state index in [4.69, 9.17) is 0 Å². The summed E-state index contributed by atoms with van der Waals surface area (Å²) < 4.78 is 0. The fourth-order valence-electron chi connectivity index (χ4n) is 4.39. The molecule has 1 heterocycles. The van der Waals surface area contributed by atoms with Gasteiger partial charge in [-0.3, -0.25) is 0 Å². The molecule has 3 rings (SSSR count). The molecule has 3 aromatic rings. The molecular formula is C27H36OSSi. The minimum Gasteiger partial charge on any atom is -0.507 e. The van der Waals surface area contributed by atoms with Crippen LogP contribution in [0.25, 0.3) is 0 Å². The molecular weight excluding hydrogens is 400 g/mol. The Labute approximate surface area is 187 Å². The highest BCUT2D eigenvalue weighted by Crippen LogP contribution is 2.44. The van der Waals surface area contributed by atoms with Crippen molar-refractivity contribution in [1.29, 1.82) is 0 Å². The Kier molecular flexibility index (Phi) is 6.10. The second kappa shape index (κ2) is 8.01. The summed E-state index contributed by atoms with van der Waals surface area (Å²) in [7, 11) is -1.91. The molecule has 1 atom stereocenters. The molecule has 160 valence electrons. The first kappa shape index (κ1) is 22.8. The summed E-state index contributed by atoms with van der Waals surface area (Å²) in [5, 5.41) is 14.9. The average molecular weight is 437 g/mol. The highest BCUT2D eigenvalue weighted by atomic mass is 32.1. The van der Waals surface area contributed by atoms with Crippen LogP contribution < -0.4 is 5.19 Å². The van der Waals surface area contributed by atoms with Gasteiger partial charge in [-0.15, -0.1) is 11.3 Å². The minimum atomic E-state index is -1.91. The Balaban J connectivity index is 2.32. The lowest BCUT2D eigenvalue weighted by molar-refractivity contribution is 0.422. The quantitative estimate of drug-likeness (QED) is 0.424. The van der Waals surface area contributed by atoms with Crippen LogP contribution in [0, 0.1) is 0 Å². The zero-order chi connectivity index (χ0) is 22.3. The Morgan fingerprint density at radius 1 is 0.800 bits per heavy atom. The zero-order valence-electron chi connectivity index (χ0n) is 19.7. The Morgan fingerprint density at radius 2 is 1.33 bits per heavy atom. The maximum atomic E-state index is 11.2. The third-order valence-corrected chi connectivity index (χ3v) is 11.2. The van der Waals surface area contributed by atoms with Gasteiger partial charge in [0.1, 0.15) is 5.75 Å². The zero-order valence-corrected chi connectivity index (χ0v) is 21.5. The van der Waals surface area contributed by atoms with Crippen LogP contribution in [0.15, 0.2) is 60.0 Å². The predicted octanol–water partition coefficient (Wildman–Crippen LogP) is 7.34. The van der Waals surface area contributed by atoms with Crippen LogP contribution >= 0.6 is 11.3 Å². The molecule has 1 nitrogen and oxygen atoms in total. The number of rotatable bonds is 4. The number of hydrogen-bond donors (Lipinski definition) is 1. The summed E-state index contributed by atoms with van der Waals surface area (Å²) in [5.41, 5.74) is 3.51. The van der Waals surface area contributed by atoms with Gasteiger partial charge in [0.05, 0.1) is 8.07 Å². The molecule has 0 saturated heterocycles. The molecule has 0 aliphatic heterocycles. The first-order valence-corrected chi connectivity index (χ1v) is 14.8. The van der Waals surface area contributed by atoms with Crippen molar-refractivity contribution in [1.82, 2.24) is 0 Å². The Morgan fingerprint density at radius 3 is 1.77 bits per heavy atom. The van der Waals surface area contributed by atoms with E-state index >= 15 is 0 Å². The fraction of sp³-hybridized carbons (Fsp3) is 0.407. The minimum absolute atomic E-state index is 0.126. The van der Waals surface area contributed by atoms with E-state index < -0.39 is 8.07 Å². The third kappa shape index (κ3) is 4.43. The van der Waals surface area contributed by atoms with Gasteiger partial charge in [0.2, 0.25) is 0 Å². The molecule has 3 heteroatoms. The molecule has 0 bridgehead atoms. The van der Waals surface area contributed by atoms with Crippen LogP contribution in [0.4, 0.5) is 0 Å². The fourth-order valence-corrected chi connectivity index (χ4v) is 9.42. The number of hydrogen-bond acceptors (Lipinski definition) is 2. The van der Waals surface area contributed by atoms with Gasteiger partial charge in [-0.1, -0.05) is 108 Å². The second-order valence-corrected chi connectivity index (χ2v) is 16.6. The standard InChI is InChI=1S/C27H36OSSi/c1-26(2,3)21-17-19(18-22(24(21)28)27(4,5)6)25(23-15-12-16-29-23)30(7,8)20-13-10-9-11-14-20/h9-18,25,28H,1-8H3. The number of thiophene rings is 1. The van der Waals surface area contributed by atoms with Gasteiger partial charge in [-0.05, 0) is 39.0 Å². The van der Waals surface area contributed by atoms with Crippen molar-refractivity contribution < 1.29 is 5.11 Å². The first-order chi connectivity index (χ1) is 13.8. The highest BCUT2D eigenvalue weighted by molar-refractivity contribution is 7.11. The Bertz CT molecular complexity index is 955. The summed E-state index contributed by atoms with van der Waals surface area (Å²) in [6.07, 6.45) is 0. The number of phenolic OH excluding ortho intramolecular Hbond substituents is 1. The molecule has 0 saturated carbocycles. The van der Waals surface area contributed by atoms with Gasteiger partial charge in [-0.25, -0.2) is 0 Å². The van der Waals surface area contributed by atoms with Crippen molar-refractivity contribution in [2.24, 2.45) is 0 Å². The van der Waals surface area contributed by atoms with Crippen LogP contribution in [0.3, 0.4) is 0 Å². The van der Waals surface area contributed by atoms with Crippen molar-refractivity contribution in [3.8, 4) is 5.75 Å². The number of phenols is 1. The molecule has 0 amide bonds. The van der Waals surface area contributed by atoms with E-state index in [9.17, 15) is 5.11 Å². The van der Waals surface area contributed by atoms with Crippen LogP contribution in [-0.4, -0.2) is 13.2 Å². The lowest BCUT2D eigenvalue weighted by Gasteiger charge is -2.36. The van der Waals surface area contributed by atoms with E-state index in [0.717, 1.165) is 11.1 Å². The van der Waals surface area contributed by atoms with E-state index in [1.807, 2.05) is 11.3 Å². The molecule has 0 fully saturated rings. The van der Waals surface area contributed by atoms with Gasteiger partial charge in [0, 0.05) is 10.4 Å². The van der Waals surface area contributed by atoms with Gasteiger partial charge >= 0.3 is 0 Å². The maximum absolute atomic E-state index is 11.2. The number of aromatic hydroxyl groups is 1. The van der Waals surface area contributed by atoms with Crippen LogP contribution in [0.1, 0.15) is 68.7 Å². The van der Waals surface area contributed by atoms with Crippen LogP contribution in [0.5, 0.6) is 5.75 Å². The summed E-state index contributed by atoms with van der Waals surface area (Å²) in [5.74, 6) is 0.461. The van der Waals surface area contributed by atoms with Gasteiger partial charge < -0.3 is 5.11 Å². The molecule has 0 radical (unpaired) electrons. The summed E-state index contributed by atoms with van der Waals surface area (Å²) in [4.78, 5) is 1.42. The number of benzene rings is 2. The van der Waals surface area contributed by atoms with E-state index in [1.165, 1.54) is 15.6 Å². The van der Waals surface area contributed by atoms with E-state index in [1.54, 1.807) is 0 Å². The molecule has 1 unspecified atom stereocenters. The molecule has 1 aromatic heterocycles. The van der Waals surface area contributed by atoms with E-state index in [0.29, 0.717) is 11.3 Å². The normalized spacial score (nSPS) is 14.0. The molecule has 30 heavy (non-hydrogen) atoms. The second-order valence-electron chi connectivity index (χ2n) is 11.0. The van der Waals surface area contributed by atoms with Crippen molar-refractivity contribution in [2.75, 3.05) is 0 Å². The van der Waals surface area contributed by atoms with Crippen molar-refractivity contribution in [2.45, 2.75) is 71.0 Å². The monoisotopic (exact) mass is 436 g/mol. The lowest BCUT2D eigenvalue weighted by Crippen LogP contribution is -2.48. The van der Waals surface area contributed by atoms with Crippen molar-refractivity contribution in [3.63, 3.8) is 0 Å². The smallest absolute Gasteiger partial charge is 0.123 e. The van der Waals surface area contributed by atoms with E-state index in [-0.39, 0.29) is 10.8 Å². The molecule has 0 aliphatic rings. The average Bonchev–Trinajstić information content (AvgIpc) is 3.15. The highest BCUT2D eigenvalue weighted by Gasteiger charge is 2.38. The van der Waals surface area contributed by atoms with Crippen molar-refractivity contribution in [3.05, 3.63) is 81.5 Å².